The summed E-state index contributed by atoms with van der Waals surface area (Å²) >= 11 is 1.41. The summed E-state index contributed by atoms with van der Waals surface area (Å²) in [6.45, 7) is 1.72. The molecule has 1 amide bonds. The molecule has 0 aliphatic heterocycles. The van der Waals surface area contributed by atoms with E-state index in [1.54, 1.807) is 38.1 Å². The minimum Gasteiger partial charge on any atom is -0.454 e. The maximum absolute atomic E-state index is 12.8. The summed E-state index contributed by atoms with van der Waals surface area (Å²) in [5.41, 5.74) is 1.44. The third-order valence-electron chi connectivity index (χ3n) is 4.38. The highest BCUT2D eigenvalue weighted by atomic mass is 32.2. The van der Waals surface area contributed by atoms with E-state index in [0.29, 0.717) is 5.56 Å². The molecule has 202 valence electrons. The normalized spacial score (nSPS) is 11.4. The summed E-state index contributed by atoms with van der Waals surface area (Å²) in [6.07, 6.45) is 1.01. The van der Waals surface area contributed by atoms with Gasteiger partial charge >= 0.3 is 5.97 Å². The van der Waals surface area contributed by atoms with E-state index >= 15 is 0 Å². The fraction of sp³-hybridized carbons (Fsp3) is 0.600. The first-order valence-corrected chi connectivity index (χ1v) is 11.9. The molecule has 0 bridgehead atoms. The molecule has 0 spiro atoms. The summed E-state index contributed by atoms with van der Waals surface area (Å²) in [6, 6.07) is 6.79. The second-order valence-electron chi connectivity index (χ2n) is 7.27. The second kappa shape index (κ2) is 17.1. The first-order valence-electron chi connectivity index (χ1n) is 10.7. The highest BCUT2D eigenvalue weighted by Gasteiger charge is 2.25. The molecular formula is C20H30N4O11S. The van der Waals surface area contributed by atoms with Crippen molar-refractivity contribution in [3.63, 3.8) is 0 Å². The minimum absolute atomic E-state index is 0.00324. The minimum atomic E-state index is -0.968. The first kappa shape index (κ1) is 30.7. The monoisotopic (exact) mass is 534 g/mol. The molecule has 1 atom stereocenters. The van der Waals surface area contributed by atoms with Crippen molar-refractivity contribution in [2.45, 2.75) is 26.0 Å². The number of nitrogens with one attached hydrogen (secondary N) is 1. The summed E-state index contributed by atoms with van der Waals surface area (Å²) in [5, 5.41) is 18.4. The van der Waals surface area contributed by atoms with Gasteiger partial charge in [0.2, 0.25) is 5.91 Å². The Balaban J connectivity index is 2.84. The van der Waals surface area contributed by atoms with Crippen LogP contribution in [0.15, 0.2) is 24.3 Å². The van der Waals surface area contributed by atoms with Gasteiger partial charge in [-0.3, -0.25) is 4.79 Å². The number of rotatable bonds is 19. The molecule has 0 aliphatic carbocycles. The predicted molar refractivity (Wildman–Crippen MR) is 127 cm³/mol. The topological polar surface area (TPSA) is 182 Å². The Kier molecular flexibility index (Phi) is 14.6. The lowest BCUT2D eigenvalue weighted by Crippen LogP contribution is -2.43. The van der Waals surface area contributed by atoms with Crippen LogP contribution in [0.2, 0.25) is 0 Å². The Labute approximate surface area is 211 Å². The lowest BCUT2D eigenvalue weighted by atomic mass is 10.1. The van der Waals surface area contributed by atoms with Crippen LogP contribution in [0.4, 0.5) is 5.69 Å². The van der Waals surface area contributed by atoms with E-state index in [2.05, 4.69) is 14.4 Å². The van der Waals surface area contributed by atoms with Gasteiger partial charge < -0.3 is 33.5 Å². The van der Waals surface area contributed by atoms with Gasteiger partial charge in [-0.15, -0.1) is 20.2 Å². The molecule has 1 aromatic rings. The fourth-order valence-electron chi connectivity index (χ4n) is 2.81. The van der Waals surface area contributed by atoms with Gasteiger partial charge in [0.05, 0.1) is 19.8 Å². The van der Waals surface area contributed by atoms with E-state index in [4.69, 9.17) is 14.2 Å². The van der Waals surface area contributed by atoms with Crippen LogP contribution in [0.1, 0.15) is 25.5 Å². The SMILES string of the molecule is CSNc1ccc(C(CN(C(=O)COCCO[N+](=O)[O-])C(C)C)OC(=O)COCCO[N+](=O)[O-])cc1. The van der Waals surface area contributed by atoms with Crippen molar-refractivity contribution in [3.8, 4) is 0 Å². The number of benzene rings is 1. The van der Waals surface area contributed by atoms with Crippen LogP contribution in [0.25, 0.3) is 0 Å². The molecular weight excluding hydrogens is 504 g/mol. The van der Waals surface area contributed by atoms with Crippen LogP contribution in [0, 0.1) is 20.2 Å². The number of amides is 1. The third kappa shape index (κ3) is 12.9. The summed E-state index contributed by atoms with van der Waals surface area (Å²) in [7, 11) is 0. The van der Waals surface area contributed by atoms with Crippen LogP contribution in [0.3, 0.4) is 0 Å². The van der Waals surface area contributed by atoms with Crippen LogP contribution in [-0.2, 0) is 33.5 Å². The lowest BCUT2D eigenvalue weighted by molar-refractivity contribution is -0.758. The standard InChI is InChI=1S/C20H30N4O11S/c1-15(2)22(19(25)13-31-8-10-33-23(27)28)12-18(16-4-6-17(7-5-16)21-36-3)35-20(26)14-32-9-11-34-24(29)30/h4-7,15,18,21H,8-14H2,1-3H3. The van der Waals surface area contributed by atoms with Crippen molar-refractivity contribution in [3.05, 3.63) is 50.1 Å². The Morgan fingerprint density at radius 2 is 1.53 bits per heavy atom. The molecule has 1 aromatic carbocycles. The quantitative estimate of drug-likeness (QED) is 0.0889. The molecule has 0 aliphatic rings. The van der Waals surface area contributed by atoms with Crippen LogP contribution in [0.5, 0.6) is 0 Å². The molecule has 0 fully saturated rings. The zero-order chi connectivity index (χ0) is 26.9. The number of nitrogens with zero attached hydrogens (tertiary/aromatic N) is 3. The highest BCUT2D eigenvalue weighted by molar-refractivity contribution is 7.99. The molecule has 0 radical (unpaired) electrons. The van der Waals surface area contributed by atoms with E-state index in [9.17, 15) is 29.8 Å². The Morgan fingerprint density at radius 1 is 0.972 bits per heavy atom. The predicted octanol–water partition coefficient (Wildman–Crippen LogP) is 1.65. The van der Waals surface area contributed by atoms with E-state index in [1.165, 1.54) is 16.8 Å². The average Bonchev–Trinajstić information content (AvgIpc) is 2.81. The molecule has 1 N–H and O–H groups in total. The zero-order valence-electron chi connectivity index (χ0n) is 20.2. The van der Waals surface area contributed by atoms with Crippen LogP contribution >= 0.6 is 11.9 Å². The second-order valence-corrected chi connectivity index (χ2v) is 7.88. The summed E-state index contributed by atoms with van der Waals surface area (Å²) in [5.74, 6) is -1.15. The van der Waals surface area contributed by atoms with Crippen LogP contribution < -0.4 is 4.72 Å². The largest absolute Gasteiger partial charge is 0.454 e. The molecule has 15 nitrogen and oxygen atoms in total. The number of esters is 1. The summed E-state index contributed by atoms with van der Waals surface area (Å²) in [4.78, 5) is 55.2. The van der Waals surface area contributed by atoms with E-state index in [0.717, 1.165) is 5.69 Å². The van der Waals surface area contributed by atoms with Gasteiger partial charge in [-0.25, -0.2) is 4.79 Å². The van der Waals surface area contributed by atoms with Gasteiger partial charge in [0.25, 0.3) is 10.2 Å². The highest BCUT2D eigenvalue weighted by Crippen LogP contribution is 2.23. The van der Waals surface area contributed by atoms with Crippen LogP contribution in [-0.4, -0.2) is 85.4 Å². The number of ether oxygens (including phenoxy) is 3. The van der Waals surface area contributed by atoms with Crippen molar-refractivity contribution >= 4 is 29.5 Å². The number of hydrogen-bond donors (Lipinski definition) is 1. The number of carbonyl (C=O) groups excluding carboxylic acids is 2. The molecule has 16 heteroatoms. The maximum Gasteiger partial charge on any atom is 0.332 e. The van der Waals surface area contributed by atoms with Crippen molar-refractivity contribution in [2.75, 3.05) is 57.2 Å². The van der Waals surface area contributed by atoms with Crippen molar-refractivity contribution < 1.29 is 43.6 Å². The van der Waals surface area contributed by atoms with Gasteiger partial charge in [0, 0.05) is 18.0 Å². The van der Waals surface area contributed by atoms with Gasteiger partial charge in [0.1, 0.15) is 32.5 Å². The van der Waals surface area contributed by atoms with E-state index < -0.39 is 34.8 Å². The molecule has 0 saturated heterocycles. The Morgan fingerprint density at radius 3 is 2.03 bits per heavy atom. The molecule has 36 heavy (non-hydrogen) atoms. The number of carbonyl (C=O) groups is 2. The van der Waals surface area contributed by atoms with Gasteiger partial charge in [0.15, 0.2) is 0 Å². The number of anilines is 1. The van der Waals surface area contributed by atoms with Crippen molar-refractivity contribution in [1.82, 2.24) is 4.90 Å². The molecule has 0 heterocycles. The van der Waals surface area contributed by atoms with E-state index in [1.807, 2.05) is 6.26 Å². The number of hydrogen-bond acceptors (Lipinski definition) is 13. The van der Waals surface area contributed by atoms with Gasteiger partial charge in [-0.05, 0) is 31.5 Å². The molecule has 0 saturated carbocycles. The van der Waals surface area contributed by atoms with Crippen molar-refractivity contribution in [2.24, 2.45) is 0 Å². The molecule has 0 aromatic heterocycles. The molecule has 1 unspecified atom stereocenters. The zero-order valence-corrected chi connectivity index (χ0v) is 21.0. The Bertz CT molecular complexity index is 841. The Hall–Kier alpha value is -3.37. The molecule has 1 rings (SSSR count). The first-order chi connectivity index (χ1) is 17.1. The maximum atomic E-state index is 12.8. The van der Waals surface area contributed by atoms with E-state index in [-0.39, 0.29) is 45.6 Å². The smallest absolute Gasteiger partial charge is 0.332 e. The average molecular weight is 535 g/mol. The fourth-order valence-corrected chi connectivity index (χ4v) is 3.18. The third-order valence-corrected chi connectivity index (χ3v) is 4.82. The van der Waals surface area contributed by atoms with Gasteiger partial charge in [-0.1, -0.05) is 24.1 Å². The van der Waals surface area contributed by atoms with Gasteiger partial charge in [-0.2, -0.15) is 0 Å². The van der Waals surface area contributed by atoms with Crippen molar-refractivity contribution in [1.29, 1.82) is 0 Å². The lowest BCUT2D eigenvalue weighted by Gasteiger charge is -2.31. The summed E-state index contributed by atoms with van der Waals surface area (Å²) < 4.78 is 18.9.